The molecule has 3 rings (SSSR count). The van der Waals surface area contributed by atoms with Gasteiger partial charge in [-0.2, -0.15) is 0 Å². The molecule has 0 aromatic heterocycles. The Kier molecular flexibility index (Phi) is 11.1. The van der Waals surface area contributed by atoms with Gasteiger partial charge in [0.1, 0.15) is 18.3 Å². The van der Waals surface area contributed by atoms with E-state index in [-0.39, 0.29) is 39.0 Å². The molecule has 0 saturated carbocycles. The van der Waals surface area contributed by atoms with Crippen LogP contribution >= 0.6 is 23.2 Å². The molecule has 220 valence electrons. The van der Waals surface area contributed by atoms with Crippen molar-refractivity contribution < 1.29 is 22.7 Å². The number of carbonyl (C=O) groups is 2. The van der Waals surface area contributed by atoms with Gasteiger partial charge in [-0.3, -0.25) is 13.9 Å². The minimum Gasteiger partial charge on any atom is -0.497 e. The average Bonchev–Trinajstić information content (AvgIpc) is 2.94. The van der Waals surface area contributed by atoms with Gasteiger partial charge in [0.2, 0.25) is 11.8 Å². The van der Waals surface area contributed by atoms with Crippen LogP contribution in [0.4, 0.5) is 5.69 Å². The first-order valence-corrected chi connectivity index (χ1v) is 15.3. The monoisotopic (exact) mass is 619 g/mol. The van der Waals surface area contributed by atoms with Crippen molar-refractivity contribution in [3.05, 3.63) is 87.9 Å². The van der Waals surface area contributed by atoms with Gasteiger partial charge in [-0.05, 0) is 67.8 Å². The fraction of sp³-hybridized carbons (Fsp3) is 0.333. The van der Waals surface area contributed by atoms with E-state index in [4.69, 9.17) is 27.9 Å². The van der Waals surface area contributed by atoms with Crippen LogP contribution in [0.3, 0.4) is 0 Å². The van der Waals surface area contributed by atoms with Crippen LogP contribution in [0.25, 0.3) is 0 Å². The number of aryl methyl sites for hydroxylation is 1. The van der Waals surface area contributed by atoms with Gasteiger partial charge in [0.25, 0.3) is 10.0 Å². The van der Waals surface area contributed by atoms with Gasteiger partial charge in [-0.1, -0.05) is 66.9 Å². The zero-order chi connectivity index (χ0) is 30.3. The van der Waals surface area contributed by atoms with Gasteiger partial charge in [0.15, 0.2) is 0 Å². The molecule has 11 heteroatoms. The third-order valence-corrected chi connectivity index (χ3v) is 8.76. The van der Waals surface area contributed by atoms with Crippen molar-refractivity contribution in [2.75, 3.05) is 24.5 Å². The summed E-state index contributed by atoms with van der Waals surface area (Å²) in [4.78, 5) is 28.4. The minimum absolute atomic E-state index is 0.0172. The van der Waals surface area contributed by atoms with Crippen LogP contribution in [-0.4, -0.2) is 51.4 Å². The third-order valence-electron chi connectivity index (χ3n) is 6.43. The Morgan fingerprint density at radius 1 is 0.951 bits per heavy atom. The molecular formula is C30H35Cl2N3O5S. The molecule has 0 radical (unpaired) electrons. The average molecular weight is 621 g/mol. The Hall–Kier alpha value is -3.27. The maximum Gasteiger partial charge on any atom is 0.264 e. The summed E-state index contributed by atoms with van der Waals surface area (Å²) in [6, 6.07) is 16.9. The van der Waals surface area contributed by atoms with Crippen molar-refractivity contribution in [1.82, 2.24) is 10.2 Å². The smallest absolute Gasteiger partial charge is 0.264 e. The standard InChI is InChI=1S/C30H35Cl2N3O5S/c1-20(2)17-33-30(37)22(4)34(18-23-8-11-25(40-5)12-9-23)29(36)19-35(28-16-24(31)10-15-27(28)32)41(38,39)26-13-6-21(3)7-14-26/h6-16,20,22H,17-19H2,1-5H3,(H,33,37). The topological polar surface area (TPSA) is 96.0 Å². The first kappa shape index (κ1) is 32.2. The number of anilines is 1. The molecule has 1 atom stereocenters. The summed E-state index contributed by atoms with van der Waals surface area (Å²) in [5.74, 6) is -0.105. The van der Waals surface area contributed by atoms with Crippen molar-refractivity contribution in [2.45, 2.75) is 45.2 Å². The molecule has 0 aliphatic carbocycles. The summed E-state index contributed by atoms with van der Waals surface area (Å²) in [5, 5.41) is 3.21. The first-order chi connectivity index (χ1) is 19.3. The number of hydrogen-bond acceptors (Lipinski definition) is 5. The molecule has 2 amide bonds. The summed E-state index contributed by atoms with van der Waals surface area (Å²) in [7, 11) is -2.71. The van der Waals surface area contributed by atoms with Crippen LogP contribution < -0.4 is 14.4 Å². The number of nitrogens with one attached hydrogen (secondary N) is 1. The third kappa shape index (κ3) is 8.38. The molecule has 1 unspecified atom stereocenters. The highest BCUT2D eigenvalue weighted by molar-refractivity contribution is 7.92. The number of ether oxygens (including phenoxy) is 1. The van der Waals surface area contributed by atoms with Crippen LogP contribution in [-0.2, 0) is 26.2 Å². The number of sulfonamides is 1. The molecule has 0 saturated heterocycles. The fourth-order valence-electron chi connectivity index (χ4n) is 3.99. The number of benzene rings is 3. The number of rotatable bonds is 12. The summed E-state index contributed by atoms with van der Waals surface area (Å²) < 4.78 is 34.0. The Bertz CT molecular complexity index is 1460. The molecule has 0 fully saturated rings. The van der Waals surface area contributed by atoms with E-state index in [0.29, 0.717) is 12.3 Å². The van der Waals surface area contributed by atoms with E-state index in [9.17, 15) is 18.0 Å². The van der Waals surface area contributed by atoms with E-state index in [1.165, 1.54) is 35.2 Å². The van der Waals surface area contributed by atoms with Gasteiger partial charge >= 0.3 is 0 Å². The maximum atomic E-state index is 14.0. The van der Waals surface area contributed by atoms with Crippen molar-refractivity contribution in [3.63, 3.8) is 0 Å². The molecule has 1 N–H and O–H groups in total. The van der Waals surface area contributed by atoms with E-state index >= 15 is 0 Å². The van der Waals surface area contributed by atoms with E-state index in [1.807, 2.05) is 20.8 Å². The number of methoxy groups -OCH3 is 1. The van der Waals surface area contributed by atoms with Crippen LogP contribution in [0.2, 0.25) is 10.0 Å². The van der Waals surface area contributed by atoms with Crippen molar-refractivity contribution in [3.8, 4) is 5.75 Å². The molecule has 3 aromatic rings. The van der Waals surface area contributed by atoms with Crippen molar-refractivity contribution >= 4 is 50.7 Å². The Labute approximate surface area is 252 Å². The van der Waals surface area contributed by atoms with E-state index in [2.05, 4.69) is 5.32 Å². The number of hydrogen-bond donors (Lipinski definition) is 1. The quantitative estimate of drug-likeness (QED) is 0.281. The second kappa shape index (κ2) is 14.1. The maximum absolute atomic E-state index is 14.0. The highest BCUT2D eigenvalue weighted by Crippen LogP contribution is 2.33. The van der Waals surface area contributed by atoms with Crippen LogP contribution in [0, 0.1) is 12.8 Å². The predicted octanol–water partition coefficient (Wildman–Crippen LogP) is 5.70. The summed E-state index contributed by atoms with van der Waals surface area (Å²) in [6.07, 6.45) is 0. The second-order valence-corrected chi connectivity index (χ2v) is 12.8. The molecule has 0 heterocycles. The van der Waals surface area contributed by atoms with E-state index in [0.717, 1.165) is 15.4 Å². The highest BCUT2D eigenvalue weighted by atomic mass is 35.5. The highest BCUT2D eigenvalue weighted by Gasteiger charge is 2.33. The van der Waals surface area contributed by atoms with Crippen LogP contribution in [0.1, 0.15) is 31.9 Å². The summed E-state index contributed by atoms with van der Waals surface area (Å²) >= 11 is 12.7. The van der Waals surface area contributed by atoms with Crippen LogP contribution in [0.15, 0.2) is 71.6 Å². The Morgan fingerprint density at radius 2 is 1.59 bits per heavy atom. The number of nitrogens with zero attached hydrogens (tertiary/aromatic N) is 2. The largest absolute Gasteiger partial charge is 0.497 e. The lowest BCUT2D eigenvalue weighted by Gasteiger charge is -2.32. The number of amides is 2. The van der Waals surface area contributed by atoms with Crippen molar-refractivity contribution in [2.24, 2.45) is 5.92 Å². The zero-order valence-corrected chi connectivity index (χ0v) is 26.1. The van der Waals surface area contributed by atoms with E-state index < -0.39 is 28.5 Å². The molecule has 0 aliphatic rings. The van der Waals surface area contributed by atoms with Gasteiger partial charge in [0.05, 0.1) is 22.7 Å². The fourth-order valence-corrected chi connectivity index (χ4v) is 5.85. The molecule has 41 heavy (non-hydrogen) atoms. The molecule has 0 bridgehead atoms. The van der Waals surface area contributed by atoms with Crippen LogP contribution in [0.5, 0.6) is 5.75 Å². The van der Waals surface area contributed by atoms with Gasteiger partial charge in [-0.25, -0.2) is 8.42 Å². The molecule has 0 spiro atoms. The normalized spacial score (nSPS) is 12.1. The summed E-state index contributed by atoms with van der Waals surface area (Å²) in [6.45, 7) is 7.26. The number of halogens is 2. The number of carbonyl (C=O) groups excluding carboxylic acids is 2. The lowest BCUT2D eigenvalue weighted by Crippen LogP contribution is -2.51. The molecular weight excluding hydrogens is 585 g/mol. The minimum atomic E-state index is -4.26. The molecule has 3 aromatic carbocycles. The van der Waals surface area contributed by atoms with Gasteiger partial charge in [-0.15, -0.1) is 0 Å². The van der Waals surface area contributed by atoms with Gasteiger partial charge < -0.3 is 15.0 Å². The van der Waals surface area contributed by atoms with Gasteiger partial charge in [0, 0.05) is 18.1 Å². The lowest BCUT2D eigenvalue weighted by atomic mass is 10.1. The zero-order valence-electron chi connectivity index (χ0n) is 23.7. The van der Waals surface area contributed by atoms with E-state index in [1.54, 1.807) is 50.4 Å². The Balaban J connectivity index is 2.05. The SMILES string of the molecule is COc1ccc(CN(C(=O)CN(c2cc(Cl)ccc2Cl)S(=O)(=O)c2ccc(C)cc2)C(C)C(=O)NCC(C)C)cc1. The molecule has 0 aliphatic heterocycles. The van der Waals surface area contributed by atoms with Crippen molar-refractivity contribution in [1.29, 1.82) is 0 Å². The first-order valence-electron chi connectivity index (χ1n) is 13.1. The second-order valence-electron chi connectivity index (χ2n) is 10.1. The molecule has 8 nitrogen and oxygen atoms in total. The lowest BCUT2D eigenvalue weighted by molar-refractivity contribution is -0.139. The Morgan fingerprint density at radius 3 is 2.17 bits per heavy atom. The summed E-state index contributed by atoms with van der Waals surface area (Å²) in [5.41, 5.74) is 1.66. The predicted molar refractivity (Wildman–Crippen MR) is 163 cm³/mol.